The molecule has 6 heteroatoms. The highest BCUT2D eigenvalue weighted by molar-refractivity contribution is 5.92. The lowest BCUT2D eigenvalue weighted by molar-refractivity contribution is 0.0499. The summed E-state index contributed by atoms with van der Waals surface area (Å²) in [4.78, 5) is 24.1. The molecule has 0 aromatic heterocycles. The van der Waals surface area contributed by atoms with Crippen LogP contribution in [0.5, 0.6) is 11.5 Å². The van der Waals surface area contributed by atoms with E-state index in [0.717, 1.165) is 5.56 Å². The Morgan fingerprint density at radius 1 is 0.923 bits per heavy atom. The largest absolute Gasteiger partial charge is 0.497 e. The van der Waals surface area contributed by atoms with Crippen LogP contribution in [0.4, 0.5) is 0 Å². The second-order valence-electron chi connectivity index (χ2n) is 5.38. The second-order valence-corrected chi connectivity index (χ2v) is 5.38. The second kappa shape index (κ2) is 9.46. The van der Waals surface area contributed by atoms with Gasteiger partial charge in [0.25, 0.3) is 0 Å². The van der Waals surface area contributed by atoms with Gasteiger partial charge in [-0.1, -0.05) is 12.1 Å². The van der Waals surface area contributed by atoms with Gasteiger partial charge in [0.05, 0.1) is 33.0 Å². The molecule has 0 aliphatic heterocycles. The zero-order valence-electron chi connectivity index (χ0n) is 15.1. The maximum absolute atomic E-state index is 12.2. The van der Waals surface area contributed by atoms with Crippen molar-refractivity contribution in [3.63, 3.8) is 0 Å². The summed E-state index contributed by atoms with van der Waals surface area (Å²) in [7, 11) is 3.02. The summed E-state index contributed by atoms with van der Waals surface area (Å²) < 4.78 is 20.7. The van der Waals surface area contributed by atoms with Crippen LogP contribution >= 0.6 is 0 Å². The number of rotatable bonds is 8. The van der Waals surface area contributed by atoms with Gasteiger partial charge in [-0.05, 0) is 42.8 Å². The first-order chi connectivity index (χ1) is 12.6. The minimum Gasteiger partial charge on any atom is -0.497 e. The van der Waals surface area contributed by atoms with Crippen molar-refractivity contribution in [2.75, 3.05) is 27.4 Å². The highest BCUT2D eigenvalue weighted by Gasteiger charge is 2.14. The summed E-state index contributed by atoms with van der Waals surface area (Å²) >= 11 is 0. The van der Waals surface area contributed by atoms with Crippen LogP contribution in [0.25, 0.3) is 0 Å². The molecule has 26 heavy (non-hydrogen) atoms. The predicted octanol–water partition coefficient (Wildman–Crippen LogP) is 3.28. The van der Waals surface area contributed by atoms with Crippen molar-refractivity contribution >= 4 is 11.9 Å². The Balaban J connectivity index is 2.03. The van der Waals surface area contributed by atoms with E-state index >= 15 is 0 Å². The lowest BCUT2D eigenvalue weighted by Crippen LogP contribution is -2.10. The summed E-state index contributed by atoms with van der Waals surface area (Å²) in [5, 5.41) is 0. The zero-order chi connectivity index (χ0) is 18.9. The molecule has 0 radical (unpaired) electrons. The number of carbonyl (C=O) groups excluding carboxylic acids is 2. The van der Waals surface area contributed by atoms with Crippen molar-refractivity contribution in [2.45, 2.75) is 13.3 Å². The van der Waals surface area contributed by atoms with E-state index in [9.17, 15) is 9.59 Å². The molecule has 0 saturated carbocycles. The Bertz CT molecular complexity index is 769. The van der Waals surface area contributed by atoms with Crippen LogP contribution in [0, 0.1) is 0 Å². The van der Waals surface area contributed by atoms with Gasteiger partial charge in [-0.2, -0.15) is 0 Å². The van der Waals surface area contributed by atoms with Crippen LogP contribution in [0.3, 0.4) is 0 Å². The van der Waals surface area contributed by atoms with Gasteiger partial charge < -0.3 is 18.9 Å². The molecule has 0 saturated heterocycles. The molecule has 0 spiro atoms. The fourth-order valence-electron chi connectivity index (χ4n) is 2.41. The summed E-state index contributed by atoms with van der Waals surface area (Å²) in [6.45, 7) is 2.20. The Labute approximate surface area is 152 Å². The van der Waals surface area contributed by atoms with Gasteiger partial charge in [0.2, 0.25) is 0 Å². The molecule has 0 atom stereocenters. The summed E-state index contributed by atoms with van der Waals surface area (Å²) in [6, 6.07) is 12.0. The van der Waals surface area contributed by atoms with Crippen LogP contribution < -0.4 is 9.47 Å². The molecule has 2 aromatic rings. The first kappa shape index (κ1) is 19.3. The van der Waals surface area contributed by atoms with Crippen molar-refractivity contribution in [1.29, 1.82) is 0 Å². The van der Waals surface area contributed by atoms with E-state index in [2.05, 4.69) is 0 Å². The van der Waals surface area contributed by atoms with E-state index in [-0.39, 0.29) is 6.61 Å². The molecule has 0 aliphatic carbocycles. The van der Waals surface area contributed by atoms with E-state index in [1.54, 1.807) is 49.4 Å². The Kier molecular flexibility index (Phi) is 7.02. The highest BCUT2D eigenvalue weighted by Crippen LogP contribution is 2.20. The molecule has 0 N–H and O–H groups in total. The van der Waals surface area contributed by atoms with Gasteiger partial charge in [0.1, 0.15) is 17.1 Å². The summed E-state index contributed by atoms with van der Waals surface area (Å²) in [5.41, 5.74) is 1.57. The van der Waals surface area contributed by atoms with Gasteiger partial charge in [-0.15, -0.1) is 0 Å². The van der Waals surface area contributed by atoms with Crippen LogP contribution in [-0.4, -0.2) is 39.4 Å². The van der Waals surface area contributed by atoms with Crippen LogP contribution in [-0.2, 0) is 15.9 Å². The van der Waals surface area contributed by atoms with Crippen molar-refractivity contribution in [3.05, 3.63) is 59.2 Å². The fraction of sp³-hybridized carbons (Fsp3) is 0.300. The minimum atomic E-state index is -0.462. The topological polar surface area (TPSA) is 71.1 Å². The van der Waals surface area contributed by atoms with Crippen LogP contribution in [0.1, 0.15) is 33.2 Å². The number of ether oxygens (including phenoxy) is 4. The van der Waals surface area contributed by atoms with Crippen molar-refractivity contribution in [1.82, 2.24) is 0 Å². The van der Waals surface area contributed by atoms with Gasteiger partial charge in [0.15, 0.2) is 0 Å². The Hall–Kier alpha value is -3.02. The number of hydrogen-bond donors (Lipinski definition) is 0. The fourth-order valence-corrected chi connectivity index (χ4v) is 2.41. The Morgan fingerprint density at radius 2 is 1.69 bits per heavy atom. The highest BCUT2D eigenvalue weighted by atomic mass is 16.5. The van der Waals surface area contributed by atoms with Crippen molar-refractivity contribution < 1.29 is 28.5 Å². The average molecular weight is 358 g/mol. The molecule has 0 unspecified atom stereocenters. The first-order valence-corrected chi connectivity index (χ1v) is 8.24. The molecule has 138 valence electrons. The van der Waals surface area contributed by atoms with Gasteiger partial charge in [-0.25, -0.2) is 9.59 Å². The third-order valence-corrected chi connectivity index (χ3v) is 3.66. The van der Waals surface area contributed by atoms with E-state index in [4.69, 9.17) is 18.9 Å². The molecule has 0 fully saturated rings. The lowest BCUT2D eigenvalue weighted by atomic mass is 10.1. The number of benzene rings is 2. The smallest absolute Gasteiger partial charge is 0.341 e. The van der Waals surface area contributed by atoms with Gasteiger partial charge >= 0.3 is 11.9 Å². The standard InChI is InChI=1S/C20H22O6/c1-4-25-19(21)15-11-14(12-16(13-15)23-2)9-10-26-20(22)17-7-5-6-8-18(17)24-3/h5-8,11-13H,4,9-10H2,1-3H3. The number of methoxy groups -OCH3 is 2. The molecule has 0 amide bonds. The van der Waals surface area contributed by atoms with E-state index in [1.165, 1.54) is 14.2 Å². The Morgan fingerprint density at radius 3 is 2.38 bits per heavy atom. The maximum Gasteiger partial charge on any atom is 0.341 e. The van der Waals surface area contributed by atoms with Crippen molar-refractivity contribution in [2.24, 2.45) is 0 Å². The number of hydrogen-bond acceptors (Lipinski definition) is 6. The lowest BCUT2D eigenvalue weighted by Gasteiger charge is -2.10. The zero-order valence-corrected chi connectivity index (χ0v) is 15.1. The normalized spacial score (nSPS) is 10.1. The average Bonchev–Trinajstić information content (AvgIpc) is 2.67. The van der Waals surface area contributed by atoms with Crippen LogP contribution in [0.15, 0.2) is 42.5 Å². The van der Waals surface area contributed by atoms with Gasteiger partial charge in [-0.3, -0.25) is 0 Å². The third kappa shape index (κ3) is 4.99. The number of para-hydroxylation sites is 1. The number of esters is 2. The molecular weight excluding hydrogens is 336 g/mol. The minimum absolute atomic E-state index is 0.159. The van der Waals surface area contributed by atoms with E-state index < -0.39 is 11.9 Å². The van der Waals surface area contributed by atoms with Crippen molar-refractivity contribution in [3.8, 4) is 11.5 Å². The maximum atomic E-state index is 12.2. The molecule has 0 heterocycles. The molecule has 2 rings (SSSR count). The van der Waals surface area contributed by atoms with Crippen LogP contribution in [0.2, 0.25) is 0 Å². The van der Waals surface area contributed by atoms with E-state index in [1.807, 2.05) is 0 Å². The predicted molar refractivity (Wildman–Crippen MR) is 95.9 cm³/mol. The summed E-state index contributed by atoms with van der Waals surface area (Å²) in [5.74, 6) is 0.125. The van der Waals surface area contributed by atoms with E-state index in [0.29, 0.717) is 35.7 Å². The quantitative estimate of drug-likeness (QED) is 0.675. The first-order valence-electron chi connectivity index (χ1n) is 8.24. The monoisotopic (exact) mass is 358 g/mol. The molecule has 6 nitrogen and oxygen atoms in total. The molecule has 2 aromatic carbocycles. The number of carbonyl (C=O) groups is 2. The molecular formula is C20H22O6. The van der Waals surface area contributed by atoms with Gasteiger partial charge in [0, 0.05) is 6.42 Å². The molecule has 0 bridgehead atoms. The third-order valence-electron chi connectivity index (χ3n) is 3.66. The SMILES string of the molecule is CCOC(=O)c1cc(CCOC(=O)c2ccccc2OC)cc(OC)c1. The summed E-state index contributed by atoms with van der Waals surface area (Å²) in [6.07, 6.45) is 0.435. The molecule has 0 aliphatic rings.